The van der Waals surface area contributed by atoms with Crippen molar-refractivity contribution in [2.24, 2.45) is 0 Å². The summed E-state index contributed by atoms with van der Waals surface area (Å²) in [7, 11) is 0. The second-order valence-electron chi connectivity index (χ2n) is 6.22. The molecule has 4 rings (SSSR count). The smallest absolute Gasteiger partial charge is 0.314 e. The molecule has 3 aliphatic rings. The van der Waals surface area contributed by atoms with Gasteiger partial charge in [-0.25, -0.2) is 0 Å². The van der Waals surface area contributed by atoms with Crippen LogP contribution < -0.4 is 0 Å². The Morgan fingerprint density at radius 1 is 1.26 bits per heavy atom. The molecule has 23 heavy (non-hydrogen) atoms. The third-order valence-corrected chi connectivity index (χ3v) is 5.04. The molecule has 0 N–H and O–H groups in total. The highest BCUT2D eigenvalue weighted by molar-refractivity contribution is 6.30. The Balaban J connectivity index is 1.68. The van der Waals surface area contributed by atoms with E-state index in [1.807, 2.05) is 24.3 Å². The molecular formula is C16H18ClN3O3. The molecule has 0 saturated carbocycles. The summed E-state index contributed by atoms with van der Waals surface area (Å²) in [6.07, 6.45) is 2.27. The standard InChI is InChI=1S/C16H18ClN3O3/c17-12-6-4-11(5-7-12)10-18-8-9-19-14-3-1-2-13(23-14)15(16(18)19)20(21)22/h4-7,13-14H,1-3,8-10H2/t13-,14+/m0/s1. The summed E-state index contributed by atoms with van der Waals surface area (Å²) < 4.78 is 5.91. The molecule has 122 valence electrons. The molecule has 0 radical (unpaired) electrons. The first-order valence-corrected chi connectivity index (χ1v) is 8.31. The van der Waals surface area contributed by atoms with Crippen molar-refractivity contribution in [3.05, 3.63) is 56.5 Å². The molecule has 2 atom stereocenters. The molecule has 2 saturated heterocycles. The van der Waals surface area contributed by atoms with Gasteiger partial charge in [0, 0.05) is 24.7 Å². The summed E-state index contributed by atoms with van der Waals surface area (Å²) >= 11 is 5.93. The van der Waals surface area contributed by atoms with Crippen LogP contribution in [0.4, 0.5) is 0 Å². The third kappa shape index (κ3) is 2.56. The van der Waals surface area contributed by atoms with E-state index < -0.39 is 0 Å². The minimum atomic E-state index is -0.374. The summed E-state index contributed by atoms with van der Waals surface area (Å²) in [4.78, 5) is 15.6. The fraction of sp³-hybridized carbons (Fsp3) is 0.500. The maximum absolute atomic E-state index is 11.6. The molecule has 0 unspecified atom stereocenters. The summed E-state index contributed by atoms with van der Waals surface area (Å²) in [5, 5.41) is 12.3. The summed E-state index contributed by atoms with van der Waals surface area (Å²) in [5.74, 6) is 0.755. The SMILES string of the molecule is O=[N+]([O-])C1=C2N(Cc3ccc(Cl)cc3)CCN2[C@H]2CCC[C@@H]1O2. The molecule has 1 aromatic rings. The van der Waals surface area contributed by atoms with Crippen molar-refractivity contribution in [1.82, 2.24) is 9.80 Å². The van der Waals surface area contributed by atoms with Crippen LogP contribution in [0.3, 0.4) is 0 Å². The van der Waals surface area contributed by atoms with E-state index in [2.05, 4.69) is 9.80 Å². The minimum Gasteiger partial charge on any atom is -0.347 e. The zero-order valence-corrected chi connectivity index (χ0v) is 13.4. The van der Waals surface area contributed by atoms with Crippen molar-refractivity contribution in [3.63, 3.8) is 0 Å². The van der Waals surface area contributed by atoms with Gasteiger partial charge >= 0.3 is 5.70 Å². The summed E-state index contributed by atoms with van der Waals surface area (Å²) in [5.41, 5.74) is 1.33. The van der Waals surface area contributed by atoms with Gasteiger partial charge in [-0.15, -0.1) is 0 Å². The molecule has 0 spiro atoms. The van der Waals surface area contributed by atoms with Gasteiger partial charge in [0.2, 0.25) is 0 Å². The molecule has 7 heteroatoms. The van der Waals surface area contributed by atoms with E-state index in [-0.39, 0.29) is 23.0 Å². The lowest BCUT2D eigenvalue weighted by Crippen LogP contribution is -2.48. The van der Waals surface area contributed by atoms with Gasteiger partial charge in [0.15, 0.2) is 11.9 Å². The molecule has 2 bridgehead atoms. The average molecular weight is 336 g/mol. The predicted molar refractivity (Wildman–Crippen MR) is 85.1 cm³/mol. The van der Waals surface area contributed by atoms with Crippen LogP contribution in [0, 0.1) is 10.1 Å². The highest BCUT2D eigenvalue weighted by Gasteiger charge is 2.48. The van der Waals surface area contributed by atoms with E-state index in [0.717, 1.165) is 43.7 Å². The average Bonchev–Trinajstić information content (AvgIpc) is 2.93. The minimum absolute atomic E-state index is 0.0114. The first kappa shape index (κ1) is 14.8. The van der Waals surface area contributed by atoms with Gasteiger partial charge in [-0.05, 0) is 37.0 Å². The Morgan fingerprint density at radius 2 is 2.04 bits per heavy atom. The number of hydrogen-bond acceptors (Lipinski definition) is 5. The van der Waals surface area contributed by atoms with Gasteiger partial charge in [0.25, 0.3) is 0 Å². The quantitative estimate of drug-likeness (QED) is 0.628. The number of ether oxygens (including phenoxy) is 1. The molecule has 2 fully saturated rings. The number of halogens is 1. The second kappa shape index (κ2) is 5.69. The Kier molecular flexibility index (Phi) is 3.66. The Labute approximate surface area is 139 Å². The molecule has 1 aromatic carbocycles. The van der Waals surface area contributed by atoms with Gasteiger partial charge in [0.1, 0.15) is 6.23 Å². The van der Waals surface area contributed by atoms with Crippen LogP contribution in [0.25, 0.3) is 0 Å². The fourth-order valence-electron chi connectivity index (χ4n) is 3.75. The third-order valence-electron chi connectivity index (χ3n) is 4.79. The fourth-order valence-corrected chi connectivity index (χ4v) is 3.88. The monoisotopic (exact) mass is 335 g/mol. The lowest BCUT2D eigenvalue weighted by molar-refractivity contribution is -0.448. The lowest BCUT2D eigenvalue weighted by atomic mass is 10.0. The van der Waals surface area contributed by atoms with Gasteiger partial charge in [-0.1, -0.05) is 23.7 Å². The zero-order chi connectivity index (χ0) is 16.0. The van der Waals surface area contributed by atoms with E-state index in [4.69, 9.17) is 16.3 Å². The zero-order valence-electron chi connectivity index (χ0n) is 12.7. The highest BCUT2D eigenvalue weighted by Crippen LogP contribution is 2.39. The van der Waals surface area contributed by atoms with E-state index in [1.54, 1.807) is 0 Å². The van der Waals surface area contributed by atoms with Crippen LogP contribution in [0.5, 0.6) is 0 Å². The summed E-state index contributed by atoms with van der Waals surface area (Å²) in [6, 6.07) is 7.65. The lowest BCUT2D eigenvalue weighted by Gasteiger charge is -2.41. The van der Waals surface area contributed by atoms with Gasteiger partial charge < -0.3 is 14.5 Å². The van der Waals surface area contributed by atoms with Crippen molar-refractivity contribution in [2.75, 3.05) is 13.1 Å². The Morgan fingerprint density at radius 3 is 2.78 bits per heavy atom. The molecule has 0 aliphatic carbocycles. The number of nitrogens with zero attached hydrogens (tertiary/aromatic N) is 3. The maximum atomic E-state index is 11.6. The van der Waals surface area contributed by atoms with Crippen LogP contribution in [0.2, 0.25) is 5.02 Å². The molecule has 6 nitrogen and oxygen atoms in total. The number of fused-ring (bicyclic) bond motifs is 4. The Bertz CT molecular complexity index is 661. The van der Waals surface area contributed by atoms with E-state index >= 15 is 0 Å². The van der Waals surface area contributed by atoms with Gasteiger partial charge in [-0.3, -0.25) is 10.1 Å². The second-order valence-corrected chi connectivity index (χ2v) is 6.65. The summed E-state index contributed by atoms with van der Waals surface area (Å²) in [6.45, 7) is 2.21. The van der Waals surface area contributed by atoms with Gasteiger partial charge in [0.05, 0.1) is 4.92 Å². The number of benzene rings is 1. The first-order valence-electron chi connectivity index (χ1n) is 7.93. The van der Waals surface area contributed by atoms with Crippen LogP contribution in [-0.2, 0) is 11.3 Å². The Hall–Kier alpha value is -1.79. The van der Waals surface area contributed by atoms with Crippen LogP contribution in [0.1, 0.15) is 24.8 Å². The molecule has 0 aromatic heterocycles. The van der Waals surface area contributed by atoms with Gasteiger partial charge in [-0.2, -0.15) is 0 Å². The molecule has 0 amide bonds. The van der Waals surface area contributed by atoms with Crippen LogP contribution in [0.15, 0.2) is 35.8 Å². The van der Waals surface area contributed by atoms with E-state index in [1.165, 1.54) is 0 Å². The highest BCUT2D eigenvalue weighted by atomic mass is 35.5. The van der Waals surface area contributed by atoms with E-state index in [9.17, 15) is 10.1 Å². The molecular weight excluding hydrogens is 318 g/mol. The molecule has 3 aliphatic heterocycles. The molecule has 3 heterocycles. The number of rotatable bonds is 3. The largest absolute Gasteiger partial charge is 0.347 e. The maximum Gasteiger partial charge on any atom is 0.314 e. The topological polar surface area (TPSA) is 58.9 Å². The normalized spacial score (nSPS) is 26.5. The van der Waals surface area contributed by atoms with Crippen LogP contribution >= 0.6 is 11.6 Å². The van der Waals surface area contributed by atoms with Crippen molar-refractivity contribution in [3.8, 4) is 0 Å². The van der Waals surface area contributed by atoms with Crippen molar-refractivity contribution >= 4 is 11.6 Å². The van der Waals surface area contributed by atoms with Crippen molar-refractivity contribution < 1.29 is 9.66 Å². The predicted octanol–water partition coefficient (Wildman–Crippen LogP) is 2.81. The number of hydrogen-bond donors (Lipinski definition) is 0. The van der Waals surface area contributed by atoms with E-state index in [0.29, 0.717) is 11.6 Å². The number of nitro groups is 1. The van der Waals surface area contributed by atoms with Crippen LogP contribution in [-0.4, -0.2) is 40.1 Å². The first-order chi connectivity index (χ1) is 11.1. The van der Waals surface area contributed by atoms with Crippen molar-refractivity contribution in [1.29, 1.82) is 0 Å². The van der Waals surface area contributed by atoms with Crippen molar-refractivity contribution in [2.45, 2.75) is 38.1 Å².